The first kappa shape index (κ1) is 18.4. The largest absolute Gasteiger partial charge is 0.495 e. The van der Waals surface area contributed by atoms with Crippen LogP contribution in [-0.4, -0.2) is 49.9 Å². The number of piperidine rings is 1. The molecule has 1 aliphatic rings. The first-order valence-corrected chi connectivity index (χ1v) is 8.25. The Morgan fingerprint density at radius 3 is 2.46 bits per heavy atom. The molecule has 1 saturated heterocycles. The maximum atomic E-state index is 13.6. The SMILES string of the molecule is COc1ccc(F)cc1N(C)C1CCN(C(=O)OC(C)(C)C)CC1. The van der Waals surface area contributed by atoms with Crippen molar-refractivity contribution in [2.75, 3.05) is 32.1 Å². The summed E-state index contributed by atoms with van der Waals surface area (Å²) in [5.74, 6) is 0.359. The van der Waals surface area contributed by atoms with E-state index >= 15 is 0 Å². The lowest BCUT2D eigenvalue weighted by Crippen LogP contribution is -2.47. The minimum absolute atomic E-state index is 0.222. The van der Waals surface area contributed by atoms with Crippen molar-refractivity contribution in [1.82, 2.24) is 4.90 Å². The predicted octanol–water partition coefficient (Wildman–Crippen LogP) is 3.67. The molecule has 1 amide bonds. The number of hydrogen-bond acceptors (Lipinski definition) is 4. The second-order valence-electron chi connectivity index (χ2n) is 7.13. The van der Waals surface area contributed by atoms with Crippen molar-refractivity contribution >= 4 is 11.8 Å². The minimum atomic E-state index is -0.486. The van der Waals surface area contributed by atoms with E-state index in [1.54, 1.807) is 18.1 Å². The summed E-state index contributed by atoms with van der Waals surface area (Å²) in [4.78, 5) is 15.9. The lowest BCUT2D eigenvalue weighted by atomic mass is 10.0. The van der Waals surface area contributed by atoms with E-state index in [4.69, 9.17) is 9.47 Å². The molecule has 0 N–H and O–H groups in total. The van der Waals surface area contributed by atoms with Crippen molar-refractivity contribution in [2.24, 2.45) is 0 Å². The maximum Gasteiger partial charge on any atom is 0.410 e. The Morgan fingerprint density at radius 1 is 1.29 bits per heavy atom. The molecule has 24 heavy (non-hydrogen) atoms. The minimum Gasteiger partial charge on any atom is -0.495 e. The van der Waals surface area contributed by atoms with Gasteiger partial charge in [0.05, 0.1) is 12.8 Å². The number of rotatable bonds is 3. The average Bonchev–Trinajstić information content (AvgIpc) is 2.52. The number of benzene rings is 1. The summed E-state index contributed by atoms with van der Waals surface area (Å²) in [6.45, 7) is 6.84. The van der Waals surface area contributed by atoms with Crippen molar-refractivity contribution in [3.63, 3.8) is 0 Å². The van der Waals surface area contributed by atoms with E-state index in [2.05, 4.69) is 0 Å². The summed E-state index contributed by atoms with van der Waals surface area (Å²) >= 11 is 0. The van der Waals surface area contributed by atoms with E-state index in [1.165, 1.54) is 12.1 Å². The van der Waals surface area contributed by atoms with Gasteiger partial charge in [-0.05, 0) is 45.7 Å². The Labute approximate surface area is 143 Å². The van der Waals surface area contributed by atoms with Gasteiger partial charge in [-0.2, -0.15) is 0 Å². The van der Waals surface area contributed by atoms with Crippen molar-refractivity contribution in [2.45, 2.75) is 45.3 Å². The Bertz CT molecular complexity index is 578. The second-order valence-corrected chi connectivity index (χ2v) is 7.13. The van der Waals surface area contributed by atoms with Gasteiger partial charge >= 0.3 is 6.09 Å². The molecule has 0 spiro atoms. The van der Waals surface area contributed by atoms with E-state index < -0.39 is 5.60 Å². The lowest BCUT2D eigenvalue weighted by Gasteiger charge is -2.38. The van der Waals surface area contributed by atoms with E-state index in [1.807, 2.05) is 32.7 Å². The van der Waals surface area contributed by atoms with Gasteiger partial charge in [0.15, 0.2) is 0 Å². The number of amides is 1. The number of ether oxygens (including phenoxy) is 2. The van der Waals surface area contributed by atoms with Crippen LogP contribution in [0.25, 0.3) is 0 Å². The normalized spacial score (nSPS) is 16.0. The molecule has 0 bridgehead atoms. The second kappa shape index (κ2) is 7.28. The highest BCUT2D eigenvalue weighted by atomic mass is 19.1. The molecule has 134 valence electrons. The number of nitrogens with zero attached hydrogens (tertiary/aromatic N) is 2. The number of anilines is 1. The summed E-state index contributed by atoms with van der Waals surface area (Å²) in [7, 11) is 3.51. The molecular formula is C18H27FN2O3. The average molecular weight is 338 g/mol. The van der Waals surface area contributed by atoms with Gasteiger partial charge in [-0.3, -0.25) is 0 Å². The van der Waals surface area contributed by atoms with Gasteiger partial charge in [0.1, 0.15) is 17.2 Å². The summed E-state index contributed by atoms with van der Waals surface area (Å²) in [6, 6.07) is 4.73. The third kappa shape index (κ3) is 4.52. The Balaban J connectivity index is 1.99. The highest BCUT2D eigenvalue weighted by Crippen LogP contribution is 2.31. The highest BCUT2D eigenvalue weighted by Gasteiger charge is 2.29. The summed E-state index contributed by atoms with van der Waals surface area (Å²) in [6.07, 6.45) is 1.33. The standard InChI is InChI=1S/C18H27FN2O3/c1-18(2,3)24-17(22)21-10-8-14(9-11-21)20(4)15-12-13(19)6-7-16(15)23-5/h6-7,12,14H,8-11H2,1-5H3. The van der Waals surface area contributed by atoms with Gasteiger partial charge < -0.3 is 19.3 Å². The third-order valence-corrected chi connectivity index (χ3v) is 4.18. The van der Waals surface area contributed by atoms with Crippen LogP contribution in [0.2, 0.25) is 0 Å². The first-order chi connectivity index (χ1) is 11.2. The molecule has 0 unspecified atom stereocenters. The maximum absolute atomic E-state index is 13.6. The fourth-order valence-electron chi connectivity index (χ4n) is 2.90. The number of halogens is 1. The monoisotopic (exact) mass is 338 g/mol. The number of likely N-dealkylation sites (tertiary alicyclic amines) is 1. The molecule has 6 heteroatoms. The molecule has 1 aromatic carbocycles. The topological polar surface area (TPSA) is 42.0 Å². The number of methoxy groups -OCH3 is 1. The Kier molecular flexibility index (Phi) is 5.57. The van der Waals surface area contributed by atoms with E-state index in [-0.39, 0.29) is 18.0 Å². The summed E-state index contributed by atoms with van der Waals surface area (Å²) in [5, 5.41) is 0. The first-order valence-electron chi connectivity index (χ1n) is 8.25. The molecule has 0 aromatic heterocycles. The van der Waals surface area contributed by atoms with Gasteiger partial charge in [0.25, 0.3) is 0 Å². The molecule has 0 saturated carbocycles. The molecule has 0 atom stereocenters. The van der Waals surface area contributed by atoms with Crippen molar-refractivity contribution in [1.29, 1.82) is 0 Å². The van der Waals surface area contributed by atoms with Crippen LogP contribution in [0.15, 0.2) is 18.2 Å². The van der Waals surface area contributed by atoms with Crippen LogP contribution in [0.3, 0.4) is 0 Å². The van der Waals surface area contributed by atoms with Gasteiger partial charge in [0.2, 0.25) is 0 Å². The fourth-order valence-corrected chi connectivity index (χ4v) is 2.90. The zero-order valence-corrected chi connectivity index (χ0v) is 15.1. The van der Waals surface area contributed by atoms with Crippen LogP contribution in [-0.2, 0) is 4.74 Å². The smallest absolute Gasteiger partial charge is 0.410 e. The van der Waals surface area contributed by atoms with Crippen LogP contribution in [0.5, 0.6) is 5.75 Å². The molecule has 1 heterocycles. The fraction of sp³-hybridized carbons (Fsp3) is 0.611. The van der Waals surface area contributed by atoms with Gasteiger partial charge in [-0.15, -0.1) is 0 Å². The number of carbonyl (C=O) groups is 1. The number of hydrogen-bond donors (Lipinski definition) is 0. The van der Waals surface area contributed by atoms with Gasteiger partial charge in [-0.25, -0.2) is 9.18 Å². The van der Waals surface area contributed by atoms with Crippen molar-refractivity contribution in [3.05, 3.63) is 24.0 Å². The zero-order valence-electron chi connectivity index (χ0n) is 15.1. The Hall–Kier alpha value is -1.98. The highest BCUT2D eigenvalue weighted by molar-refractivity contribution is 5.68. The van der Waals surface area contributed by atoms with Crippen molar-refractivity contribution < 1.29 is 18.7 Å². The molecule has 0 radical (unpaired) electrons. The summed E-state index contributed by atoms with van der Waals surface area (Å²) < 4.78 is 24.3. The van der Waals surface area contributed by atoms with Crippen LogP contribution < -0.4 is 9.64 Å². The number of carbonyl (C=O) groups excluding carboxylic acids is 1. The molecule has 5 nitrogen and oxygen atoms in total. The molecule has 1 aliphatic heterocycles. The Morgan fingerprint density at radius 2 is 1.92 bits per heavy atom. The molecule has 0 aliphatic carbocycles. The molecular weight excluding hydrogens is 311 g/mol. The van der Waals surface area contributed by atoms with E-state index in [0.717, 1.165) is 18.5 Å². The van der Waals surface area contributed by atoms with Crippen LogP contribution in [0.4, 0.5) is 14.9 Å². The third-order valence-electron chi connectivity index (χ3n) is 4.18. The molecule has 1 aromatic rings. The van der Waals surface area contributed by atoms with Crippen molar-refractivity contribution in [3.8, 4) is 5.75 Å². The van der Waals surface area contributed by atoms with Gasteiger partial charge in [-0.1, -0.05) is 0 Å². The molecule has 1 fully saturated rings. The van der Waals surface area contributed by atoms with Crippen LogP contribution >= 0.6 is 0 Å². The van der Waals surface area contributed by atoms with E-state index in [9.17, 15) is 9.18 Å². The quantitative estimate of drug-likeness (QED) is 0.843. The molecule has 2 rings (SSSR count). The lowest BCUT2D eigenvalue weighted by molar-refractivity contribution is 0.0205. The van der Waals surface area contributed by atoms with Crippen LogP contribution in [0.1, 0.15) is 33.6 Å². The predicted molar refractivity (Wildman–Crippen MR) is 92.2 cm³/mol. The summed E-state index contributed by atoms with van der Waals surface area (Å²) in [5.41, 5.74) is 0.243. The van der Waals surface area contributed by atoms with Crippen LogP contribution in [0, 0.1) is 5.82 Å². The zero-order chi connectivity index (χ0) is 17.9. The van der Waals surface area contributed by atoms with Gasteiger partial charge in [0, 0.05) is 32.2 Å². The van der Waals surface area contributed by atoms with E-state index in [0.29, 0.717) is 18.8 Å².